The zero-order valence-corrected chi connectivity index (χ0v) is 11.5. The van der Waals surface area contributed by atoms with Gasteiger partial charge in [-0.3, -0.25) is 9.59 Å². The molecule has 2 aromatic rings. The molecule has 0 aliphatic carbocycles. The highest BCUT2D eigenvalue weighted by atomic mass is 16.2. The Labute approximate surface area is 122 Å². The van der Waals surface area contributed by atoms with Gasteiger partial charge in [0.05, 0.1) is 29.4 Å². The van der Waals surface area contributed by atoms with E-state index in [9.17, 15) is 9.59 Å². The molecule has 1 amide bonds. The molecule has 0 N–H and O–H groups in total. The molecule has 1 aliphatic heterocycles. The van der Waals surface area contributed by atoms with Crippen molar-refractivity contribution in [2.75, 3.05) is 4.90 Å². The summed E-state index contributed by atoms with van der Waals surface area (Å²) in [7, 11) is 0. The van der Waals surface area contributed by atoms with Gasteiger partial charge in [0.2, 0.25) is 0 Å². The van der Waals surface area contributed by atoms with Crippen molar-refractivity contribution >= 4 is 17.4 Å². The third-order valence-corrected chi connectivity index (χ3v) is 3.59. The minimum atomic E-state index is -0.539. The molecule has 0 atom stereocenters. The van der Waals surface area contributed by atoms with E-state index >= 15 is 0 Å². The summed E-state index contributed by atoms with van der Waals surface area (Å²) in [5.41, 5.74) is 3.24. The van der Waals surface area contributed by atoms with Gasteiger partial charge in [0, 0.05) is 0 Å². The molecule has 0 bridgehead atoms. The molecule has 4 nitrogen and oxygen atoms in total. The van der Waals surface area contributed by atoms with Gasteiger partial charge >= 0.3 is 0 Å². The lowest BCUT2D eigenvalue weighted by molar-refractivity contribution is -0.114. The van der Waals surface area contributed by atoms with Crippen LogP contribution in [0, 0.1) is 18.3 Å². The molecule has 0 unspecified atom stereocenters. The third-order valence-electron chi connectivity index (χ3n) is 3.59. The molecular formula is C17H12N2O2. The number of benzene rings is 2. The summed E-state index contributed by atoms with van der Waals surface area (Å²) < 4.78 is 0. The first kappa shape index (κ1) is 13.1. The zero-order valence-electron chi connectivity index (χ0n) is 11.5. The number of fused-ring (bicyclic) bond motifs is 1. The maximum atomic E-state index is 12.2. The Hall–Kier alpha value is -2.93. The fourth-order valence-corrected chi connectivity index (χ4v) is 2.51. The predicted molar refractivity (Wildman–Crippen MR) is 77.9 cm³/mol. The molecular weight excluding hydrogens is 264 g/mol. The summed E-state index contributed by atoms with van der Waals surface area (Å²) >= 11 is 0. The van der Waals surface area contributed by atoms with Crippen LogP contribution in [0.4, 0.5) is 5.69 Å². The van der Waals surface area contributed by atoms with Gasteiger partial charge in [-0.05, 0) is 30.7 Å². The van der Waals surface area contributed by atoms with Crippen molar-refractivity contribution in [1.29, 1.82) is 5.26 Å². The normalized spacial score (nSPS) is 13.2. The average Bonchev–Trinajstić information content (AvgIpc) is 2.73. The number of nitrogens with zero attached hydrogens (tertiary/aromatic N) is 2. The van der Waals surface area contributed by atoms with Crippen LogP contribution in [0.25, 0.3) is 0 Å². The number of ketones is 1. The van der Waals surface area contributed by atoms with Crippen molar-refractivity contribution in [3.05, 3.63) is 64.7 Å². The van der Waals surface area contributed by atoms with Gasteiger partial charge in [-0.1, -0.05) is 29.8 Å². The number of nitriles is 1. The van der Waals surface area contributed by atoms with Gasteiger partial charge in [-0.15, -0.1) is 0 Å². The lowest BCUT2D eigenvalue weighted by Gasteiger charge is -2.17. The van der Waals surface area contributed by atoms with Crippen molar-refractivity contribution in [1.82, 2.24) is 0 Å². The first-order valence-corrected chi connectivity index (χ1v) is 6.56. The van der Waals surface area contributed by atoms with Crippen LogP contribution < -0.4 is 4.90 Å². The molecule has 3 rings (SSSR count). The summed E-state index contributed by atoms with van der Waals surface area (Å²) in [5.74, 6) is -1.02. The summed E-state index contributed by atoms with van der Waals surface area (Å²) in [6.45, 7) is 2.11. The topological polar surface area (TPSA) is 61.2 Å². The number of hydrogen-bond donors (Lipinski definition) is 0. The predicted octanol–water partition coefficient (Wildman–Crippen LogP) is 2.60. The van der Waals surface area contributed by atoms with Crippen LogP contribution in [-0.2, 0) is 11.3 Å². The van der Waals surface area contributed by atoms with Crippen LogP contribution in [0.3, 0.4) is 0 Å². The second kappa shape index (κ2) is 4.88. The van der Waals surface area contributed by atoms with Crippen LogP contribution in [0.5, 0.6) is 0 Å². The Balaban J connectivity index is 2.03. The molecule has 0 aromatic heterocycles. The fourth-order valence-electron chi connectivity index (χ4n) is 2.51. The summed E-state index contributed by atoms with van der Waals surface area (Å²) in [5, 5.41) is 9.12. The highest BCUT2D eigenvalue weighted by Gasteiger charge is 2.35. The van der Waals surface area contributed by atoms with E-state index in [4.69, 9.17) is 5.26 Å². The number of rotatable bonds is 2. The molecule has 1 aliphatic rings. The maximum Gasteiger partial charge on any atom is 0.299 e. The monoisotopic (exact) mass is 276 g/mol. The van der Waals surface area contributed by atoms with Crippen molar-refractivity contribution in [3.8, 4) is 6.07 Å². The molecule has 0 saturated carbocycles. The quantitative estimate of drug-likeness (QED) is 0.792. The Bertz CT molecular complexity index is 803. The number of amides is 1. The van der Waals surface area contributed by atoms with Crippen LogP contribution in [0.1, 0.15) is 27.0 Å². The molecule has 0 radical (unpaired) electrons. The van der Waals surface area contributed by atoms with Crippen LogP contribution in [0.2, 0.25) is 0 Å². The van der Waals surface area contributed by atoms with E-state index < -0.39 is 11.7 Å². The van der Waals surface area contributed by atoms with E-state index in [1.165, 1.54) is 4.90 Å². The Morgan fingerprint density at radius 3 is 2.67 bits per heavy atom. The molecule has 2 aromatic carbocycles. The van der Waals surface area contributed by atoms with Crippen LogP contribution in [-0.4, -0.2) is 11.7 Å². The molecule has 0 fully saturated rings. The minimum absolute atomic E-state index is 0.227. The molecule has 0 saturated heterocycles. The zero-order chi connectivity index (χ0) is 15.0. The smallest absolute Gasteiger partial charge is 0.299 e. The van der Waals surface area contributed by atoms with Gasteiger partial charge < -0.3 is 4.90 Å². The third kappa shape index (κ3) is 2.09. The molecule has 0 spiro atoms. The Morgan fingerprint density at radius 2 is 1.90 bits per heavy atom. The second-order valence-corrected chi connectivity index (χ2v) is 5.01. The molecule has 1 heterocycles. The van der Waals surface area contributed by atoms with Gasteiger partial charge in [0.15, 0.2) is 0 Å². The largest absolute Gasteiger partial charge is 0.300 e. The van der Waals surface area contributed by atoms with Crippen LogP contribution >= 0.6 is 0 Å². The van der Waals surface area contributed by atoms with Gasteiger partial charge in [-0.2, -0.15) is 5.26 Å². The standard InChI is InChI=1S/C17H12N2O2/c1-11-6-7-15-14(8-11)16(20)17(21)19(15)10-13-5-3-2-4-12(13)9-18/h2-8H,10H2,1H3. The number of carbonyl (C=O) groups is 2. The molecule has 21 heavy (non-hydrogen) atoms. The Kier molecular flexibility index (Phi) is 3.03. The first-order chi connectivity index (χ1) is 10.1. The first-order valence-electron chi connectivity index (χ1n) is 6.56. The lowest BCUT2D eigenvalue weighted by Crippen LogP contribution is -2.29. The second-order valence-electron chi connectivity index (χ2n) is 5.01. The minimum Gasteiger partial charge on any atom is -0.300 e. The van der Waals surface area contributed by atoms with Gasteiger partial charge in [0.1, 0.15) is 0 Å². The number of Topliss-reactive ketones (excluding diaryl/α,β-unsaturated/α-hetero) is 1. The number of anilines is 1. The Morgan fingerprint density at radius 1 is 1.14 bits per heavy atom. The van der Waals surface area contributed by atoms with Crippen molar-refractivity contribution in [2.24, 2.45) is 0 Å². The van der Waals surface area contributed by atoms with E-state index in [1.807, 2.05) is 19.1 Å². The number of hydrogen-bond acceptors (Lipinski definition) is 3. The highest BCUT2D eigenvalue weighted by molar-refractivity contribution is 6.52. The van der Waals surface area contributed by atoms with E-state index in [-0.39, 0.29) is 6.54 Å². The van der Waals surface area contributed by atoms with E-state index in [0.717, 1.165) is 11.1 Å². The van der Waals surface area contributed by atoms with Gasteiger partial charge in [0.25, 0.3) is 11.7 Å². The van der Waals surface area contributed by atoms with E-state index in [1.54, 1.807) is 30.3 Å². The van der Waals surface area contributed by atoms with Crippen molar-refractivity contribution < 1.29 is 9.59 Å². The lowest BCUT2D eigenvalue weighted by atomic mass is 10.1. The summed E-state index contributed by atoms with van der Waals surface area (Å²) in [6, 6.07) is 14.6. The number of aryl methyl sites for hydroxylation is 1. The van der Waals surface area contributed by atoms with E-state index in [2.05, 4.69) is 6.07 Å². The summed E-state index contributed by atoms with van der Waals surface area (Å²) in [4.78, 5) is 25.7. The number of carbonyl (C=O) groups excluding carboxylic acids is 2. The molecule has 4 heteroatoms. The molecule has 102 valence electrons. The maximum absolute atomic E-state index is 12.2. The fraction of sp³-hybridized carbons (Fsp3) is 0.118. The van der Waals surface area contributed by atoms with Crippen LogP contribution in [0.15, 0.2) is 42.5 Å². The average molecular weight is 276 g/mol. The SMILES string of the molecule is Cc1ccc2c(c1)C(=O)C(=O)N2Cc1ccccc1C#N. The summed E-state index contributed by atoms with van der Waals surface area (Å²) in [6.07, 6.45) is 0. The van der Waals surface area contributed by atoms with E-state index in [0.29, 0.717) is 16.8 Å². The van der Waals surface area contributed by atoms with Crippen molar-refractivity contribution in [2.45, 2.75) is 13.5 Å². The van der Waals surface area contributed by atoms with Crippen molar-refractivity contribution in [3.63, 3.8) is 0 Å². The highest BCUT2D eigenvalue weighted by Crippen LogP contribution is 2.31. The van der Waals surface area contributed by atoms with Gasteiger partial charge in [-0.25, -0.2) is 0 Å².